The Morgan fingerprint density at radius 1 is 1.72 bits per heavy atom. The van der Waals surface area contributed by atoms with Crippen LogP contribution >= 0.6 is 0 Å². The topological polar surface area (TPSA) is 66.6 Å². The molecule has 1 aromatic rings. The fraction of sp³-hybridized carbons (Fsp3) is 0.692. The van der Waals surface area contributed by atoms with Gasteiger partial charge >= 0.3 is 0 Å². The summed E-state index contributed by atoms with van der Waals surface area (Å²) in [6.45, 7) is 4.35. The molecule has 1 N–H and O–H groups in total. The number of amides is 1. The van der Waals surface area contributed by atoms with Crippen LogP contribution in [0.2, 0.25) is 0 Å². The molecule has 2 atom stereocenters. The van der Waals surface area contributed by atoms with Gasteiger partial charge in [-0.15, -0.1) is 0 Å². The Bertz CT molecular complexity index is 414. The van der Waals surface area contributed by atoms with Crippen LogP contribution in [0.1, 0.15) is 50.1 Å². The van der Waals surface area contributed by atoms with E-state index in [1.807, 2.05) is 17.9 Å². The molecule has 2 heterocycles. The normalized spacial score (nSPS) is 21.3. The molecule has 0 aromatic carbocycles. The molecule has 100 valence electrons. The Hall–Kier alpha value is -1.36. The molecule has 5 nitrogen and oxygen atoms in total. The predicted octanol–water partition coefficient (Wildman–Crippen LogP) is 1.81. The molecule has 1 fully saturated rings. The van der Waals surface area contributed by atoms with E-state index in [2.05, 4.69) is 5.16 Å². The number of aryl methyl sites for hydroxylation is 1. The number of carbonyl (C=O) groups excluding carboxylic acids is 1. The first-order valence-corrected chi connectivity index (χ1v) is 6.48. The summed E-state index contributed by atoms with van der Waals surface area (Å²) in [6.07, 6.45) is 2.39. The summed E-state index contributed by atoms with van der Waals surface area (Å²) in [4.78, 5) is 13.9. The lowest BCUT2D eigenvalue weighted by molar-refractivity contribution is -0.133. The second-order valence-electron chi connectivity index (χ2n) is 5.00. The van der Waals surface area contributed by atoms with E-state index in [-0.39, 0.29) is 11.9 Å². The zero-order chi connectivity index (χ0) is 13.1. The smallest absolute Gasteiger partial charge is 0.223 e. The van der Waals surface area contributed by atoms with Gasteiger partial charge in [-0.1, -0.05) is 5.16 Å². The maximum absolute atomic E-state index is 12.1. The molecule has 0 aliphatic carbocycles. The zero-order valence-electron chi connectivity index (χ0n) is 10.9. The molecule has 5 heteroatoms. The van der Waals surface area contributed by atoms with Crippen molar-refractivity contribution in [1.82, 2.24) is 10.1 Å². The number of hydrogen-bond donors (Lipinski definition) is 1. The summed E-state index contributed by atoms with van der Waals surface area (Å²) >= 11 is 0. The second kappa shape index (κ2) is 5.52. The van der Waals surface area contributed by atoms with Crippen molar-refractivity contribution < 1.29 is 14.4 Å². The van der Waals surface area contributed by atoms with Crippen LogP contribution in [0.4, 0.5) is 0 Å². The summed E-state index contributed by atoms with van der Waals surface area (Å²) in [5.41, 5.74) is 0.841. The number of nitrogens with zero attached hydrogens (tertiary/aromatic N) is 2. The van der Waals surface area contributed by atoms with Gasteiger partial charge in [-0.2, -0.15) is 0 Å². The highest BCUT2D eigenvalue weighted by Crippen LogP contribution is 2.32. The van der Waals surface area contributed by atoms with E-state index in [0.717, 1.165) is 30.8 Å². The Labute approximate surface area is 107 Å². The van der Waals surface area contributed by atoms with Crippen molar-refractivity contribution in [2.45, 2.75) is 51.7 Å². The molecule has 1 aromatic heterocycles. The molecular weight excluding hydrogens is 232 g/mol. The Morgan fingerprint density at radius 3 is 3.11 bits per heavy atom. The first-order valence-electron chi connectivity index (χ1n) is 6.48. The fourth-order valence-corrected chi connectivity index (χ4v) is 2.38. The summed E-state index contributed by atoms with van der Waals surface area (Å²) in [5, 5.41) is 13.1. The van der Waals surface area contributed by atoms with Crippen LogP contribution < -0.4 is 0 Å². The highest BCUT2D eigenvalue weighted by Gasteiger charge is 2.32. The van der Waals surface area contributed by atoms with Crippen LogP contribution in [-0.4, -0.2) is 33.7 Å². The average Bonchev–Trinajstić information content (AvgIpc) is 2.93. The first kappa shape index (κ1) is 13.1. The number of likely N-dealkylation sites (tertiary alicyclic amines) is 1. The SMILES string of the molecule is Cc1cc(C2CCCN2C(=O)CCC(C)O)on1. The Kier molecular flexibility index (Phi) is 4.01. The van der Waals surface area contributed by atoms with Gasteiger partial charge in [0.1, 0.15) is 0 Å². The Morgan fingerprint density at radius 2 is 2.50 bits per heavy atom. The lowest BCUT2D eigenvalue weighted by Gasteiger charge is -2.22. The molecule has 0 bridgehead atoms. The molecule has 1 amide bonds. The van der Waals surface area contributed by atoms with E-state index in [4.69, 9.17) is 4.52 Å². The second-order valence-corrected chi connectivity index (χ2v) is 5.00. The fourth-order valence-electron chi connectivity index (χ4n) is 2.38. The minimum Gasteiger partial charge on any atom is -0.393 e. The number of aliphatic hydroxyl groups excluding tert-OH is 1. The number of carbonyl (C=O) groups is 1. The molecule has 2 unspecified atom stereocenters. The van der Waals surface area contributed by atoms with Gasteiger partial charge in [-0.25, -0.2) is 0 Å². The van der Waals surface area contributed by atoms with Gasteiger partial charge in [-0.3, -0.25) is 4.79 Å². The van der Waals surface area contributed by atoms with Crippen LogP contribution in [0.3, 0.4) is 0 Å². The van der Waals surface area contributed by atoms with Crippen LogP contribution in [0.5, 0.6) is 0 Å². The molecule has 18 heavy (non-hydrogen) atoms. The van der Waals surface area contributed by atoms with E-state index in [9.17, 15) is 9.90 Å². The van der Waals surface area contributed by atoms with Crippen molar-refractivity contribution in [3.05, 3.63) is 17.5 Å². The molecular formula is C13H20N2O3. The van der Waals surface area contributed by atoms with Gasteiger partial charge in [0.05, 0.1) is 17.8 Å². The molecule has 1 saturated heterocycles. The van der Waals surface area contributed by atoms with Crippen molar-refractivity contribution in [1.29, 1.82) is 0 Å². The molecule has 2 rings (SSSR count). The molecule has 0 radical (unpaired) electrons. The van der Waals surface area contributed by atoms with E-state index in [1.54, 1.807) is 6.92 Å². The number of rotatable bonds is 4. The van der Waals surface area contributed by atoms with Crippen molar-refractivity contribution in [2.75, 3.05) is 6.54 Å². The molecule has 1 aliphatic rings. The summed E-state index contributed by atoms with van der Waals surface area (Å²) in [7, 11) is 0. The number of aromatic nitrogens is 1. The summed E-state index contributed by atoms with van der Waals surface area (Å²) in [5.74, 6) is 0.864. The Balaban J connectivity index is 2.01. The lowest BCUT2D eigenvalue weighted by atomic mass is 10.1. The highest BCUT2D eigenvalue weighted by atomic mass is 16.5. The van der Waals surface area contributed by atoms with Gasteiger partial charge < -0.3 is 14.5 Å². The third-order valence-electron chi connectivity index (χ3n) is 3.32. The van der Waals surface area contributed by atoms with Crippen LogP contribution in [0, 0.1) is 6.92 Å². The minimum atomic E-state index is -0.428. The predicted molar refractivity (Wildman–Crippen MR) is 65.8 cm³/mol. The van der Waals surface area contributed by atoms with E-state index in [1.165, 1.54) is 0 Å². The molecule has 1 aliphatic heterocycles. The van der Waals surface area contributed by atoms with E-state index in [0.29, 0.717) is 12.8 Å². The van der Waals surface area contributed by atoms with Crippen molar-refractivity contribution in [2.24, 2.45) is 0 Å². The molecule has 0 spiro atoms. The van der Waals surface area contributed by atoms with Gasteiger partial charge in [0, 0.05) is 19.0 Å². The number of aliphatic hydroxyl groups is 1. The zero-order valence-corrected chi connectivity index (χ0v) is 10.9. The van der Waals surface area contributed by atoms with E-state index < -0.39 is 6.10 Å². The van der Waals surface area contributed by atoms with Gasteiger partial charge in [0.25, 0.3) is 0 Å². The van der Waals surface area contributed by atoms with Crippen LogP contribution in [0.25, 0.3) is 0 Å². The third-order valence-corrected chi connectivity index (χ3v) is 3.32. The lowest BCUT2D eigenvalue weighted by Crippen LogP contribution is -2.30. The van der Waals surface area contributed by atoms with Crippen molar-refractivity contribution in [3.63, 3.8) is 0 Å². The third kappa shape index (κ3) is 2.90. The van der Waals surface area contributed by atoms with Crippen LogP contribution in [0.15, 0.2) is 10.6 Å². The maximum atomic E-state index is 12.1. The van der Waals surface area contributed by atoms with Gasteiger partial charge in [-0.05, 0) is 33.1 Å². The summed E-state index contributed by atoms with van der Waals surface area (Å²) in [6, 6.07) is 1.91. The average molecular weight is 252 g/mol. The standard InChI is InChI=1S/C13H20N2O3/c1-9-8-12(18-14-9)11-4-3-7-15(11)13(17)6-5-10(2)16/h8,10-11,16H,3-7H2,1-2H3. The minimum absolute atomic E-state index is 0.0210. The first-order chi connectivity index (χ1) is 8.58. The van der Waals surface area contributed by atoms with Crippen LogP contribution in [-0.2, 0) is 4.79 Å². The van der Waals surface area contributed by atoms with Crippen molar-refractivity contribution in [3.8, 4) is 0 Å². The van der Waals surface area contributed by atoms with E-state index >= 15 is 0 Å². The van der Waals surface area contributed by atoms with Gasteiger partial charge in [0.2, 0.25) is 5.91 Å². The van der Waals surface area contributed by atoms with Crippen molar-refractivity contribution >= 4 is 5.91 Å². The monoisotopic (exact) mass is 252 g/mol. The number of hydrogen-bond acceptors (Lipinski definition) is 4. The molecule has 0 saturated carbocycles. The largest absolute Gasteiger partial charge is 0.393 e. The quantitative estimate of drug-likeness (QED) is 0.887. The summed E-state index contributed by atoms with van der Waals surface area (Å²) < 4.78 is 5.26. The maximum Gasteiger partial charge on any atom is 0.223 e. The highest BCUT2D eigenvalue weighted by molar-refractivity contribution is 5.77. The van der Waals surface area contributed by atoms with Gasteiger partial charge in [0.15, 0.2) is 5.76 Å².